The fourth-order valence-electron chi connectivity index (χ4n) is 2.02. The largest absolute Gasteiger partial charge is 0.508 e. The minimum atomic E-state index is -0.539. The van der Waals surface area contributed by atoms with Crippen molar-refractivity contribution in [2.24, 2.45) is 0 Å². The van der Waals surface area contributed by atoms with Crippen LogP contribution in [-0.2, 0) is 6.42 Å². The van der Waals surface area contributed by atoms with E-state index in [1.54, 1.807) is 30.3 Å². The number of aromatic hydroxyl groups is 1. The SMILES string of the molecule is CCc1ccc(-c2cc3cc(O)ccc3o2)c([18F])n1. The van der Waals surface area contributed by atoms with Crippen LogP contribution < -0.4 is 0 Å². The predicted octanol–water partition coefficient (Wildman–Crippen LogP) is 3.90. The molecule has 0 bridgehead atoms. The van der Waals surface area contributed by atoms with Crippen molar-refractivity contribution in [3.63, 3.8) is 0 Å². The first-order valence-corrected chi connectivity index (χ1v) is 6.05. The smallest absolute Gasteiger partial charge is 0.224 e. The number of aryl methyl sites for hydroxylation is 1. The van der Waals surface area contributed by atoms with Gasteiger partial charge < -0.3 is 9.52 Å². The average Bonchev–Trinajstić information content (AvgIpc) is 2.81. The monoisotopic (exact) mass is 256 g/mol. The summed E-state index contributed by atoms with van der Waals surface area (Å²) in [5, 5.41) is 10.1. The lowest BCUT2D eigenvalue weighted by Crippen LogP contribution is -1.93. The van der Waals surface area contributed by atoms with Crippen LogP contribution in [0.2, 0.25) is 0 Å². The number of phenols is 1. The molecule has 0 amide bonds. The number of hydrogen-bond donors (Lipinski definition) is 1. The fourth-order valence-corrected chi connectivity index (χ4v) is 2.02. The van der Waals surface area contributed by atoms with Crippen LogP contribution in [0.4, 0.5) is 4.39 Å². The number of fused-ring (bicyclic) bond motifs is 1. The van der Waals surface area contributed by atoms with E-state index in [0.29, 0.717) is 29.0 Å². The van der Waals surface area contributed by atoms with E-state index in [4.69, 9.17) is 4.42 Å². The van der Waals surface area contributed by atoms with Crippen molar-refractivity contribution in [1.82, 2.24) is 4.98 Å². The maximum Gasteiger partial charge on any atom is 0.224 e. The zero-order valence-corrected chi connectivity index (χ0v) is 10.4. The Morgan fingerprint density at radius 2 is 2.05 bits per heavy atom. The molecule has 19 heavy (non-hydrogen) atoms. The van der Waals surface area contributed by atoms with Gasteiger partial charge in [-0.2, -0.15) is 4.39 Å². The molecule has 0 atom stereocenters. The molecule has 0 saturated carbocycles. The first-order chi connectivity index (χ1) is 9.17. The molecule has 0 spiro atoms. The predicted molar refractivity (Wildman–Crippen MR) is 70.4 cm³/mol. The van der Waals surface area contributed by atoms with Crippen LogP contribution in [0.15, 0.2) is 40.8 Å². The van der Waals surface area contributed by atoms with E-state index in [0.717, 1.165) is 5.39 Å². The van der Waals surface area contributed by atoms with E-state index in [1.165, 1.54) is 6.07 Å². The topological polar surface area (TPSA) is 46.3 Å². The number of phenolic OH excluding ortho intramolecular Hbond substituents is 1. The van der Waals surface area contributed by atoms with Gasteiger partial charge in [-0.15, -0.1) is 0 Å². The number of benzene rings is 1. The summed E-state index contributed by atoms with van der Waals surface area (Å²) in [6.45, 7) is 1.92. The molecule has 2 heterocycles. The lowest BCUT2D eigenvalue weighted by atomic mass is 10.1. The number of pyridine rings is 1. The van der Waals surface area contributed by atoms with Crippen molar-refractivity contribution in [3.8, 4) is 17.1 Å². The van der Waals surface area contributed by atoms with Crippen LogP contribution in [0.3, 0.4) is 0 Å². The molecule has 4 heteroatoms. The highest BCUT2D eigenvalue weighted by atomic mass is 18.2. The van der Waals surface area contributed by atoms with Crippen LogP contribution >= 0.6 is 0 Å². The summed E-state index contributed by atoms with van der Waals surface area (Å²) in [6, 6.07) is 9.90. The van der Waals surface area contributed by atoms with Crippen LogP contribution in [0.5, 0.6) is 5.75 Å². The Labute approximate surface area is 109 Å². The average molecular weight is 256 g/mol. The van der Waals surface area contributed by atoms with Gasteiger partial charge >= 0.3 is 0 Å². The molecule has 3 aromatic rings. The summed E-state index contributed by atoms with van der Waals surface area (Å²) in [6.07, 6.45) is 0.686. The molecule has 0 fully saturated rings. The highest BCUT2D eigenvalue weighted by Crippen LogP contribution is 2.30. The summed E-state index contributed by atoms with van der Waals surface area (Å²) >= 11 is 0. The zero-order chi connectivity index (χ0) is 13.4. The summed E-state index contributed by atoms with van der Waals surface area (Å²) in [5.41, 5.74) is 1.63. The van der Waals surface area contributed by atoms with Crippen LogP contribution in [0.1, 0.15) is 12.6 Å². The first-order valence-electron chi connectivity index (χ1n) is 6.05. The normalized spacial score (nSPS) is 11.1. The van der Waals surface area contributed by atoms with E-state index in [1.807, 2.05) is 6.92 Å². The Morgan fingerprint density at radius 3 is 2.79 bits per heavy atom. The summed E-state index contributed by atoms with van der Waals surface area (Å²) in [5.74, 6) is 0.0238. The highest BCUT2D eigenvalue weighted by molar-refractivity contribution is 5.83. The number of hydrogen-bond acceptors (Lipinski definition) is 3. The first kappa shape index (κ1) is 11.7. The Bertz CT molecular complexity index is 749. The van der Waals surface area contributed by atoms with Crippen molar-refractivity contribution in [1.29, 1.82) is 0 Å². The van der Waals surface area contributed by atoms with Crippen molar-refractivity contribution < 1.29 is 13.9 Å². The Hall–Kier alpha value is -2.36. The summed E-state index contributed by atoms with van der Waals surface area (Å²) < 4.78 is 19.5. The summed E-state index contributed by atoms with van der Waals surface area (Å²) in [4.78, 5) is 3.88. The molecule has 0 aliphatic heterocycles. The maximum atomic E-state index is 13.9. The third kappa shape index (κ3) is 2.05. The van der Waals surface area contributed by atoms with E-state index in [-0.39, 0.29) is 5.75 Å². The van der Waals surface area contributed by atoms with Crippen LogP contribution in [-0.4, -0.2) is 10.1 Å². The molecule has 0 radical (unpaired) electrons. The molecule has 0 unspecified atom stereocenters. The van der Waals surface area contributed by atoms with Gasteiger partial charge in [-0.05, 0) is 42.8 Å². The molecule has 3 rings (SSSR count). The molecule has 96 valence electrons. The number of aromatic nitrogens is 1. The second kappa shape index (κ2) is 4.39. The van der Waals surface area contributed by atoms with Gasteiger partial charge in [0.1, 0.15) is 17.1 Å². The second-order valence-electron chi connectivity index (χ2n) is 4.33. The number of halogens is 1. The molecule has 1 aromatic carbocycles. The minimum Gasteiger partial charge on any atom is -0.508 e. The van der Waals surface area contributed by atoms with Crippen molar-refractivity contribution in [2.45, 2.75) is 13.3 Å². The van der Waals surface area contributed by atoms with Gasteiger partial charge in [-0.25, -0.2) is 4.98 Å². The quantitative estimate of drug-likeness (QED) is 0.707. The highest BCUT2D eigenvalue weighted by Gasteiger charge is 2.12. The molecule has 0 aliphatic rings. The molecular weight excluding hydrogens is 244 g/mol. The van der Waals surface area contributed by atoms with E-state index in [2.05, 4.69) is 4.98 Å². The number of nitrogens with zero attached hydrogens (tertiary/aromatic N) is 1. The van der Waals surface area contributed by atoms with Gasteiger partial charge in [0, 0.05) is 11.1 Å². The number of rotatable bonds is 2. The van der Waals surface area contributed by atoms with E-state index in [9.17, 15) is 9.50 Å². The van der Waals surface area contributed by atoms with E-state index >= 15 is 0 Å². The maximum absolute atomic E-state index is 13.9. The molecular formula is C15H12FNO2. The van der Waals surface area contributed by atoms with Crippen molar-refractivity contribution in [3.05, 3.63) is 48.0 Å². The molecule has 0 aliphatic carbocycles. The lowest BCUT2D eigenvalue weighted by molar-refractivity contribution is 0.476. The lowest BCUT2D eigenvalue weighted by Gasteiger charge is -2.00. The van der Waals surface area contributed by atoms with Crippen LogP contribution in [0.25, 0.3) is 22.3 Å². The van der Waals surface area contributed by atoms with E-state index < -0.39 is 5.95 Å². The van der Waals surface area contributed by atoms with Crippen molar-refractivity contribution in [2.75, 3.05) is 0 Å². The van der Waals surface area contributed by atoms with Gasteiger partial charge in [0.15, 0.2) is 0 Å². The standard InChI is InChI=1S/C15H12FNO2/c1-2-10-3-5-12(15(16)17-10)14-8-9-7-11(18)4-6-13(9)19-14/h3-8,18H,2H2,1H3/i16-1. The molecule has 3 nitrogen and oxygen atoms in total. The molecule has 1 N–H and O–H groups in total. The number of furan rings is 1. The Morgan fingerprint density at radius 1 is 1.21 bits per heavy atom. The van der Waals surface area contributed by atoms with Gasteiger partial charge in [-0.3, -0.25) is 0 Å². The summed E-state index contributed by atoms with van der Waals surface area (Å²) in [7, 11) is 0. The Kier molecular flexibility index (Phi) is 2.71. The fraction of sp³-hybridized carbons (Fsp3) is 0.133. The third-order valence-electron chi connectivity index (χ3n) is 3.03. The van der Waals surface area contributed by atoms with Crippen molar-refractivity contribution >= 4 is 11.0 Å². The van der Waals surface area contributed by atoms with Gasteiger partial charge in [0.2, 0.25) is 5.95 Å². The van der Waals surface area contributed by atoms with Gasteiger partial charge in [0.25, 0.3) is 0 Å². The van der Waals surface area contributed by atoms with Gasteiger partial charge in [0.05, 0.1) is 5.56 Å². The van der Waals surface area contributed by atoms with Gasteiger partial charge in [-0.1, -0.05) is 6.92 Å². The third-order valence-corrected chi connectivity index (χ3v) is 3.03. The molecule has 0 saturated heterocycles. The zero-order valence-electron chi connectivity index (χ0n) is 10.4. The van der Waals surface area contributed by atoms with Crippen LogP contribution in [0, 0.1) is 5.95 Å². The molecule has 2 aromatic heterocycles. The second-order valence-corrected chi connectivity index (χ2v) is 4.33. The Balaban J connectivity index is 2.13. The minimum absolute atomic E-state index is 0.153.